The van der Waals surface area contributed by atoms with Gasteiger partial charge in [-0.05, 0) is 38.1 Å². The fourth-order valence-electron chi connectivity index (χ4n) is 2.34. The molecule has 0 aromatic rings. The summed E-state index contributed by atoms with van der Waals surface area (Å²) in [5, 5.41) is 18.6. The molecule has 0 saturated heterocycles. The fraction of sp³-hybridized carbons (Fsp3) is 1.00. The van der Waals surface area contributed by atoms with E-state index < -0.39 is 0 Å². The Morgan fingerprint density at radius 2 is 2.07 bits per heavy atom. The van der Waals surface area contributed by atoms with E-state index in [-0.39, 0.29) is 12.7 Å². The minimum atomic E-state index is -0.132. The van der Waals surface area contributed by atoms with Crippen LogP contribution >= 0.6 is 0 Å². The Hall–Kier alpha value is -0.120. The highest BCUT2D eigenvalue weighted by atomic mass is 16.3. The van der Waals surface area contributed by atoms with Crippen molar-refractivity contribution in [1.82, 2.24) is 4.90 Å². The van der Waals surface area contributed by atoms with E-state index in [0.29, 0.717) is 12.5 Å². The summed E-state index contributed by atoms with van der Waals surface area (Å²) in [6.45, 7) is 4.07. The van der Waals surface area contributed by atoms with Crippen molar-refractivity contribution in [3.63, 3.8) is 0 Å². The molecule has 1 aliphatic carbocycles. The van der Waals surface area contributed by atoms with Crippen molar-refractivity contribution in [1.29, 1.82) is 0 Å². The third-order valence-electron chi connectivity index (χ3n) is 3.23. The third-order valence-corrected chi connectivity index (χ3v) is 3.23. The lowest BCUT2D eigenvalue weighted by molar-refractivity contribution is 0.0325. The van der Waals surface area contributed by atoms with Gasteiger partial charge in [-0.15, -0.1) is 0 Å². The molecule has 0 amide bonds. The van der Waals surface area contributed by atoms with E-state index >= 15 is 0 Å². The van der Waals surface area contributed by atoms with Crippen LogP contribution in [0.4, 0.5) is 0 Å². The average Bonchev–Trinajstić information content (AvgIpc) is 2.12. The molecular weight excluding hydrogens is 178 g/mol. The van der Waals surface area contributed by atoms with Crippen molar-refractivity contribution in [2.24, 2.45) is 11.8 Å². The monoisotopic (exact) mass is 201 g/mol. The predicted octanol–water partition coefficient (Wildman–Crippen LogP) is 0.708. The van der Waals surface area contributed by atoms with Gasteiger partial charge in [0.05, 0.1) is 12.7 Å². The fourth-order valence-corrected chi connectivity index (χ4v) is 2.34. The molecule has 0 radical (unpaired) electrons. The van der Waals surface area contributed by atoms with Gasteiger partial charge >= 0.3 is 0 Å². The molecule has 2 N–H and O–H groups in total. The van der Waals surface area contributed by atoms with Gasteiger partial charge in [0.25, 0.3) is 0 Å². The first-order chi connectivity index (χ1) is 6.63. The number of nitrogens with zero attached hydrogens (tertiary/aromatic N) is 1. The largest absolute Gasteiger partial charge is 0.395 e. The highest BCUT2D eigenvalue weighted by molar-refractivity contribution is 4.79. The molecule has 3 atom stereocenters. The summed E-state index contributed by atoms with van der Waals surface area (Å²) < 4.78 is 0. The Morgan fingerprint density at radius 1 is 1.36 bits per heavy atom. The minimum absolute atomic E-state index is 0.132. The van der Waals surface area contributed by atoms with Crippen molar-refractivity contribution in [3.05, 3.63) is 0 Å². The van der Waals surface area contributed by atoms with E-state index in [0.717, 1.165) is 31.7 Å². The summed E-state index contributed by atoms with van der Waals surface area (Å²) in [6, 6.07) is 0. The lowest BCUT2D eigenvalue weighted by Crippen LogP contribution is -2.37. The smallest absolute Gasteiger partial charge is 0.0580 e. The molecule has 14 heavy (non-hydrogen) atoms. The summed E-state index contributed by atoms with van der Waals surface area (Å²) in [4.78, 5) is 2.10. The molecule has 1 rings (SSSR count). The number of aliphatic hydroxyl groups excluding tert-OH is 2. The van der Waals surface area contributed by atoms with Crippen molar-refractivity contribution in [2.45, 2.75) is 32.3 Å². The molecule has 1 fully saturated rings. The van der Waals surface area contributed by atoms with Gasteiger partial charge in [0.1, 0.15) is 0 Å². The van der Waals surface area contributed by atoms with Crippen LogP contribution in [0.5, 0.6) is 0 Å². The van der Waals surface area contributed by atoms with Crippen LogP contribution in [0.2, 0.25) is 0 Å². The van der Waals surface area contributed by atoms with Crippen molar-refractivity contribution < 1.29 is 10.2 Å². The predicted molar refractivity (Wildman–Crippen MR) is 57.1 cm³/mol. The van der Waals surface area contributed by atoms with Crippen LogP contribution in [0.15, 0.2) is 0 Å². The first-order valence-electron chi connectivity index (χ1n) is 5.61. The van der Waals surface area contributed by atoms with Crippen LogP contribution in [-0.4, -0.2) is 48.0 Å². The Morgan fingerprint density at radius 3 is 2.71 bits per heavy atom. The third kappa shape index (κ3) is 3.56. The van der Waals surface area contributed by atoms with Crippen molar-refractivity contribution >= 4 is 0 Å². The lowest BCUT2D eigenvalue weighted by atomic mass is 9.80. The van der Waals surface area contributed by atoms with E-state index in [1.165, 1.54) is 0 Å². The van der Waals surface area contributed by atoms with Gasteiger partial charge in [-0.25, -0.2) is 0 Å². The Balaban J connectivity index is 2.33. The molecule has 0 spiro atoms. The Labute approximate surface area is 86.7 Å². The summed E-state index contributed by atoms with van der Waals surface area (Å²) >= 11 is 0. The van der Waals surface area contributed by atoms with E-state index in [1.807, 2.05) is 7.05 Å². The molecule has 3 nitrogen and oxygen atoms in total. The van der Waals surface area contributed by atoms with Crippen LogP contribution in [0.3, 0.4) is 0 Å². The van der Waals surface area contributed by atoms with Crippen molar-refractivity contribution in [3.8, 4) is 0 Å². The number of hydrogen-bond donors (Lipinski definition) is 2. The van der Waals surface area contributed by atoms with Crippen molar-refractivity contribution in [2.75, 3.05) is 26.7 Å². The first kappa shape index (κ1) is 12.0. The number of hydrogen-bond acceptors (Lipinski definition) is 3. The molecule has 1 saturated carbocycles. The molecule has 0 heterocycles. The van der Waals surface area contributed by atoms with Crippen LogP contribution in [0.25, 0.3) is 0 Å². The molecule has 3 unspecified atom stereocenters. The van der Waals surface area contributed by atoms with E-state index in [9.17, 15) is 5.11 Å². The van der Waals surface area contributed by atoms with E-state index in [1.54, 1.807) is 0 Å². The lowest BCUT2D eigenvalue weighted by Gasteiger charge is -2.34. The topological polar surface area (TPSA) is 43.7 Å². The second-order valence-electron chi connectivity index (χ2n) is 4.73. The zero-order valence-electron chi connectivity index (χ0n) is 9.32. The van der Waals surface area contributed by atoms with Crippen LogP contribution in [0.1, 0.15) is 26.2 Å². The van der Waals surface area contributed by atoms with Gasteiger partial charge in [0.2, 0.25) is 0 Å². The quantitative estimate of drug-likeness (QED) is 0.704. The normalized spacial score (nSPS) is 33.6. The summed E-state index contributed by atoms with van der Waals surface area (Å²) in [5.74, 6) is 1.14. The van der Waals surface area contributed by atoms with Gasteiger partial charge in [-0.2, -0.15) is 0 Å². The molecule has 0 aromatic heterocycles. The molecule has 0 aromatic carbocycles. The van der Waals surface area contributed by atoms with Crippen LogP contribution < -0.4 is 0 Å². The zero-order valence-corrected chi connectivity index (χ0v) is 9.32. The second-order valence-corrected chi connectivity index (χ2v) is 4.73. The maximum atomic E-state index is 9.81. The highest BCUT2D eigenvalue weighted by Gasteiger charge is 2.27. The van der Waals surface area contributed by atoms with Crippen LogP contribution in [0, 0.1) is 11.8 Å². The molecule has 0 bridgehead atoms. The average molecular weight is 201 g/mol. The van der Waals surface area contributed by atoms with Gasteiger partial charge in [0, 0.05) is 13.1 Å². The first-order valence-corrected chi connectivity index (χ1v) is 5.61. The maximum Gasteiger partial charge on any atom is 0.0580 e. The number of rotatable bonds is 4. The van der Waals surface area contributed by atoms with E-state index in [4.69, 9.17) is 5.11 Å². The summed E-state index contributed by atoms with van der Waals surface area (Å²) in [7, 11) is 2.00. The molecule has 3 heteroatoms. The Kier molecular flexibility index (Phi) is 4.85. The molecule has 84 valence electrons. The minimum Gasteiger partial charge on any atom is -0.395 e. The van der Waals surface area contributed by atoms with Gasteiger partial charge in [0.15, 0.2) is 0 Å². The van der Waals surface area contributed by atoms with E-state index in [2.05, 4.69) is 11.8 Å². The second kappa shape index (κ2) is 5.69. The van der Waals surface area contributed by atoms with Gasteiger partial charge < -0.3 is 15.1 Å². The number of likely N-dealkylation sites (N-methyl/N-ethyl adjacent to an activating group) is 1. The maximum absolute atomic E-state index is 9.81. The Bertz CT molecular complexity index is 163. The SMILES string of the molecule is CC1CCC(O)C(CN(C)CCO)C1. The zero-order chi connectivity index (χ0) is 10.6. The molecular formula is C11H23NO2. The standard InChI is InChI=1S/C11H23NO2/c1-9-3-4-11(14)10(7-9)8-12(2)5-6-13/h9-11,13-14H,3-8H2,1-2H3. The highest BCUT2D eigenvalue weighted by Crippen LogP contribution is 2.29. The summed E-state index contributed by atoms with van der Waals surface area (Å²) in [6.07, 6.45) is 3.09. The van der Waals surface area contributed by atoms with Gasteiger partial charge in [-0.1, -0.05) is 6.92 Å². The summed E-state index contributed by atoms with van der Waals surface area (Å²) in [5.41, 5.74) is 0. The number of aliphatic hydroxyl groups is 2. The van der Waals surface area contributed by atoms with Gasteiger partial charge in [-0.3, -0.25) is 0 Å². The van der Waals surface area contributed by atoms with Crippen LogP contribution in [-0.2, 0) is 0 Å². The molecule has 0 aliphatic heterocycles. The molecule has 1 aliphatic rings.